The molecule has 136 valence electrons. The lowest BCUT2D eigenvalue weighted by Gasteiger charge is -2.30. The van der Waals surface area contributed by atoms with Gasteiger partial charge in [0.1, 0.15) is 0 Å². The van der Waals surface area contributed by atoms with Gasteiger partial charge < -0.3 is 16.0 Å². The van der Waals surface area contributed by atoms with Gasteiger partial charge in [0.15, 0.2) is 5.13 Å². The molecule has 0 radical (unpaired) electrons. The summed E-state index contributed by atoms with van der Waals surface area (Å²) in [6.45, 7) is 1.11. The van der Waals surface area contributed by atoms with E-state index in [1.165, 1.54) is 11.3 Å². The number of thiazole rings is 1. The second-order valence-corrected chi connectivity index (χ2v) is 7.71. The molecule has 7 nitrogen and oxygen atoms in total. The van der Waals surface area contributed by atoms with Crippen LogP contribution in [0.2, 0.25) is 0 Å². The number of hydrogen-bond acceptors (Lipinski definition) is 5. The van der Waals surface area contributed by atoms with Gasteiger partial charge in [-0.15, -0.1) is 11.3 Å². The summed E-state index contributed by atoms with van der Waals surface area (Å²) in [5, 5.41) is 5.25. The lowest BCUT2D eigenvalue weighted by molar-refractivity contribution is -0.134. The average molecular weight is 364 g/mol. The van der Waals surface area contributed by atoms with Crippen LogP contribution in [0.5, 0.6) is 0 Å². The van der Waals surface area contributed by atoms with Crippen molar-refractivity contribution in [1.82, 2.24) is 9.88 Å². The zero-order chi connectivity index (χ0) is 17.8. The lowest BCUT2D eigenvalue weighted by atomic mass is 9.96. The van der Waals surface area contributed by atoms with Gasteiger partial charge in [-0.25, -0.2) is 4.98 Å². The third kappa shape index (κ3) is 4.56. The number of likely N-dealkylation sites (tertiary alicyclic amines) is 1. The van der Waals surface area contributed by atoms with Crippen molar-refractivity contribution in [2.75, 3.05) is 18.4 Å². The molecule has 3 N–H and O–H groups in total. The highest BCUT2D eigenvalue weighted by atomic mass is 32.1. The van der Waals surface area contributed by atoms with Gasteiger partial charge in [-0.1, -0.05) is 12.8 Å². The largest absolute Gasteiger partial charge is 0.369 e. The Morgan fingerprint density at radius 3 is 2.48 bits per heavy atom. The highest BCUT2D eigenvalue weighted by Crippen LogP contribution is 2.27. The highest BCUT2D eigenvalue weighted by Gasteiger charge is 2.26. The Kier molecular flexibility index (Phi) is 5.67. The maximum atomic E-state index is 12.4. The van der Waals surface area contributed by atoms with Crippen molar-refractivity contribution in [3.05, 3.63) is 11.1 Å². The molecular weight excluding hydrogens is 340 g/mol. The van der Waals surface area contributed by atoms with E-state index >= 15 is 0 Å². The van der Waals surface area contributed by atoms with Gasteiger partial charge in [-0.2, -0.15) is 0 Å². The smallest absolute Gasteiger partial charge is 0.229 e. The monoisotopic (exact) mass is 364 g/mol. The maximum Gasteiger partial charge on any atom is 0.229 e. The quantitative estimate of drug-likeness (QED) is 0.826. The van der Waals surface area contributed by atoms with E-state index in [0.29, 0.717) is 36.8 Å². The molecule has 0 atom stereocenters. The molecule has 1 aromatic heterocycles. The van der Waals surface area contributed by atoms with Crippen LogP contribution >= 0.6 is 11.3 Å². The summed E-state index contributed by atoms with van der Waals surface area (Å²) in [5.74, 6) is -0.268. The van der Waals surface area contributed by atoms with Gasteiger partial charge >= 0.3 is 0 Å². The minimum Gasteiger partial charge on any atom is -0.369 e. The molecule has 1 aliphatic carbocycles. The van der Waals surface area contributed by atoms with Crippen LogP contribution in [-0.4, -0.2) is 40.7 Å². The van der Waals surface area contributed by atoms with E-state index in [4.69, 9.17) is 5.73 Å². The fraction of sp³-hybridized carbons (Fsp3) is 0.647. The molecule has 1 saturated heterocycles. The Labute approximate surface area is 151 Å². The Bertz CT molecular complexity index is 646. The van der Waals surface area contributed by atoms with Gasteiger partial charge in [-0.3, -0.25) is 14.4 Å². The second kappa shape index (κ2) is 7.95. The maximum absolute atomic E-state index is 12.4. The summed E-state index contributed by atoms with van der Waals surface area (Å²) in [6.07, 6.45) is 5.59. The molecule has 1 saturated carbocycles. The SMILES string of the molecule is NC(=O)C1CCN(C(=O)Cc2csc(NC(=O)C3CCCC3)n2)CC1. The fourth-order valence-corrected chi connectivity index (χ4v) is 4.23. The molecule has 0 unspecified atom stereocenters. The molecular formula is C17H24N4O3S. The number of primary amides is 1. The molecule has 2 heterocycles. The van der Waals surface area contributed by atoms with E-state index in [-0.39, 0.29) is 36.0 Å². The molecule has 1 aromatic rings. The third-order valence-electron chi connectivity index (χ3n) is 5.09. The molecule has 0 spiro atoms. The van der Waals surface area contributed by atoms with Crippen LogP contribution in [0, 0.1) is 11.8 Å². The van der Waals surface area contributed by atoms with E-state index < -0.39 is 0 Å². The summed E-state index contributed by atoms with van der Waals surface area (Å²) in [5.41, 5.74) is 5.99. The van der Waals surface area contributed by atoms with Crippen molar-refractivity contribution in [3.63, 3.8) is 0 Å². The van der Waals surface area contributed by atoms with Gasteiger partial charge in [-0.05, 0) is 25.7 Å². The number of piperidine rings is 1. The van der Waals surface area contributed by atoms with Crippen LogP contribution in [-0.2, 0) is 20.8 Å². The van der Waals surface area contributed by atoms with Crippen LogP contribution in [0.15, 0.2) is 5.38 Å². The Hall–Kier alpha value is -1.96. The zero-order valence-electron chi connectivity index (χ0n) is 14.2. The molecule has 0 bridgehead atoms. The minimum absolute atomic E-state index is 0.00175. The van der Waals surface area contributed by atoms with Crippen molar-refractivity contribution in [2.24, 2.45) is 17.6 Å². The van der Waals surface area contributed by atoms with Crippen molar-refractivity contribution >= 4 is 34.2 Å². The summed E-state index contributed by atoms with van der Waals surface area (Å²) in [4.78, 5) is 41.8. The molecule has 3 amide bonds. The van der Waals surface area contributed by atoms with E-state index in [9.17, 15) is 14.4 Å². The number of carbonyl (C=O) groups excluding carboxylic acids is 3. The number of nitrogens with zero attached hydrogens (tertiary/aromatic N) is 2. The zero-order valence-corrected chi connectivity index (χ0v) is 15.0. The van der Waals surface area contributed by atoms with E-state index in [1.807, 2.05) is 5.38 Å². The van der Waals surface area contributed by atoms with Crippen LogP contribution in [0.1, 0.15) is 44.2 Å². The predicted molar refractivity (Wildman–Crippen MR) is 94.9 cm³/mol. The summed E-state index contributed by atoms with van der Waals surface area (Å²) < 4.78 is 0. The third-order valence-corrected chi connectivity index (χ3v) is 5.90. The molecule has 2 aliphatic rings. The molecule has 1 aliphatic heterocycles. The lowest BCUT2D eigenvalue weighted by Crippen LogP contribution is -2.42. The standard InChI is InChI=1S/C17H24N4O3S/c18-15(23)11-5-7-21(8-6-11)14(22)9-13-10-25-17(19-13)20-16(24)12-3-1-2-4-12/h10-12H,1-9H2,(H2,18,23)(H,19,20,24). The number of amides is 3. The second-order valence-electron chi connectivity index (χ2n) is 6.85. The van der Waals surface area contributed by atoms with Crippen molar-refractivity contribution < 1.29 is 14.4 Å². The summed E-state index contributed by atoms with van der Waals surface area (Å²) in [6, 6.07) is 0. The first kappa shape index (κ1) is 17.8. The summed E-state index contributed by atoms with van der Waals surface area (Å²) in [7, 11) is 0. The van der Waals surface area contributed by atoms with E-state index in [0.717, 1.165) is 25.7 Å². The number of anilines is 1. The normalized spacial score (nSPS) is 19.1. The number of rotatable bonds is 5. The fourth-order valence-electron chi connectivity index (χ4n) is 3.52. The first-order valence-electron chi connectivity index (χ1n) is 8.85. The predicted octanol–water partition coefficient (Wildman–Crippen LogP) is 1.54. The number of nitrogens with two attached hydrogens (primary N) is 1. The Morgan fingerprint density at radius 1 is 1.16 bits per heavy atom. The highest BCUT2D eigenvalue weighted by molar-refractivity contribution is 7.13. The number of aromatic nitrogens is 1. The topological polar surface area (TPSA) is 105 Å². The number of hydrogen-bond donors (Lipinski definition) is 2. The van der Waals surface area contributed by atoms with E-state index in [2.05, 4.69) is 10.3 Å². The van der Waals surface area contributed by atoms with Crippen molar-refractivity contribution in [3.8, 4) is 0 Å². The van der Waals surface area contributed by atoms with Crippen LogP contribution in [0.4, 0.5) is 5.13 Å². The van der Waals surface area contributed by atoms with Crippen molar-refractivity contribution in [1.29, 1.82) is 0 Å². The molecule has 2 fully saturated rings. The average Bonchev–Trinajstić information content (AvgIpc) is 3.27. The van der Waals surface area contributed by atoms with Crippen LogP contribution in [0.25, 0.3) is 0 Å². The van der Waals surface area contributed by atoms with Crippen LogP contribution < -0.4 is 11.1 Å². The van der Waals surface area contributed by atoms with Gasteiger partial charge in [0.2, 0.25) is 17.7 Å². The van der Waals surface area contributed by atoms with Crippen molar-refractivity contribution in [2.45, 2.75) is 44.9 Å². The minimum atomic E-state index is -0.283. The molecule has 8 heteroatoms. The molecule has 0 aromatic carbocycles. The van der Waals surface area contributed by atoms with Crippen LogP contribution in [0.3, 0.4) is 0 Å². The summed E-state index contributed by atoms with van der Waals surface area (Å²) >= 11 is 1.35. The number of nitrogens with one attached hydrogen (secondary N) is 1. The van der Waals surface area contributed by atoms with Gasteiger partial charge in [0.05, 0.1) is 12.1 Å². The first-order chi connectivity index (χ1) is 12.0. The Balaban J connectivity index is 1.48. The Morgan fingerprint density at radius 2 is 1.84 bits per heavy atom. The number of carbonyl (C=O) groups is 3. The molecule has 3 rings (SSSR count). The van der Waals surface area contributed by atoms with Gasteiger partial charge in [0, 0.05) is 30.3 Å². The first-order valence-corrected chi connectivity index (χ1v) is 9.73. The molecule has 25 heavy (non-hydrogen) atoms. The van der Waals surface area contributed by atoms with E-state index in [1.54, 1.807) is 4.90 Å². The van der Waals surface area contributed by atoms with Gasteiger partial charge in [0.25, 0.3) is 0 Å².